The predicted molar refractivity (Wildman–Crippen MR) is 84.1 cm³/mol. The van der Waals surface area contributed by atoms with Gasteiger partial charge in [-0.25, -0.2) is 4.39 Å². The van der Waals surface area contributed by atoms with Crippen molar-refractivity contribution in [2.45, 2.75) is 32.9 Å². The van der Waals surface area contributed by atoms with E-state index in [1.807, 2.05) is 19.1 Å². The smallest absolute Gasteiger partial charge is 0.131 e. The normalized spacial score (nSPS) is 13.8. The molecule has 0 bridgehead atoms. The van der Waals surface area contributed by atoms with Gasteiger partial charge in [-0.2, -0.15) is 0 Å². The first kappa shape index (κ1) is 15.5. The maximum absolute atomic E-state index is 14.1. The average Bonchev–Trinajstić information content (AvgIpc) is 2.47. The van der Waals surface area contributed by atoms with E-state index in [9.17, 15) is 4.39 Å². The molecule has 1 unspecified atom stereocenters. The lowest BCUT2D eigenvalue weighted by atomic mass is 10.0. The van der Waals surface area contributed by atoms with Crippen LogP contribution in [0.3, 0.4) is 0 Å². The van der Waals surface area contributed by atoms with Gasteiger partial charge in [-0.15, -0.1) is 0 Å². The quantitative estimate of drug-likeness (QED) is 0.870. The number of hydrogen-bond acceptors (Lipinski definition) is 2. The topological polar surface area (TPSA) is 21.3 Å². The summed E-state index contributed by atoms with van der Waals surface area (Å²) in [5.41, 5.74) is 3.12. The highest BCUT2D eigenvalue weighted by Crippen LogP contribution is 2.25. The Morgan fingerprint density at radius 1 is 1.00 bits per heavy atom. The molecule has 0 heterocycles. The fourth-order valence-corrected chi connectivity index (χ4v) is 2.61. The van der Waals surface area contributed by atoms with Gasteiger partial charge in [0.15, 0.2) is 0 Å². The maximum Gasteiger partial charge on any atom is 0.131 e. The monoisotopic (exact) mass is 287 g/mol. The summed E-state index contributed by atoms with van der Waals surface area (Å²) < 4.78 is 19.1. The van der Waals surface area contributed by atoms with Crippen LogP contribution in [0.25, 0.3) is 0 Å². The van der Waals surface area contributed by atoms with Gasteiger partial charge < -0.3 is 10.1 Å². The van der Waals surface area contributed by atoms with Gasteiger partial charge >= 0.3 is 0 Å². The lowest BCUT2D eigenvalue weighted by molar-refractivity contribution is 0.408. The van der Waals surface area contributed by atoms with E-state index >= 15 is 0 Å². The number of ether oxygens (including phenoxy) is 1. The van der Waals surface area contributed by atoms with Gasteiger partial charge in [-0.3, -0.25) is 0 Å². The van der Waals surface area contributed by atoms with Crippen LogP contribution >= 0.6 is 0 Å². The molecule has 3 heteroatoms. The van der Waals surface area contributed by atoms with Crippen LogP contribution in [0, 0.1) is 12.7 Å². The molecule has 2 aromatic carbocycles. The molecule has 2 atom stereocenters. The molecule has 1 N–H and O–H groups in total. The fourth-order valence-electron chi connectivity index (χ4n) is 2.61. The van der Waals surface area contributed by atoms with Crippen molar-refractivity contribution in [1.29, 1.82) is 0 Å². The molecular formula is C18H22FNO. The van der Waals surface area contributed by atoms with E-state index in [4.69, 9.17) is 4.74 Å². The van der Waals surface area contributed by atoms with Crippen molar-refractivity contribution in [3.05, 3.63) is 65.0 Å². The van der Waals surface area contributed by atoms with Crippen LogP contribution in [-0.2, 0) is 0 Å². The minimum absolute atomic E-state index is 0.0782. The van der Waals surface area contributed by atoms with Crippen LogP contribution in [0.15, 0.2) is 42.5 Å². The van der Waals surface area contributed by atoms with E-state index in [1.54, 1.807) is 12.1 Å². The number of aryl methyl sites for hydroxylation is 1. The molecular weight excluding hydrogens is 265 g/mol. The summed E-state index contributed by atoms with van der Waals surface area (Å²) in [5, 5.41) is 3.45. The van der Waals surface area contributed by atoms with E-state index in [-0.39, 0.29) is 17.9 Å². The first-order chi connectivity index (χ1) is 10.0. The molecule has 0 aliphatic heterocycles. The summed E-state index contributed by atoms with van der Waals surface area (Å²) in [6.07, 6.45) is 0. The van der Waals surface area contributed by atoms with Crippen molar-refractivity contribution in [1.82, 2.24) is 5.32 Å². The van der Waals surface area contributed by atoms with Gasteiger partial charge in [-0.05, 0) is 38.0 Å². The number of halogens is 1. The van der Waals surface area contributed by atoms with Crippen molar-refractivity contribution in [3.63, 3.8) is 0 Å². The van der Waals surface area contributed by atoms with Crippen LogP contribution in [0.5, 0.6) is 5.75 Å². The molecule has 0 aliphatic carbocycles. The molecule has 0 aliphatic rings. The molecule has 0 fully saturated rings. The van der Waals surface area contributed by atoms with Gasteiger partial charge in [0.25, 0.3) is 0 Å². The second-order valence-electron chi connectivity index (χ2n) is 5.35. The molecule has 2 aromatic rings. The van der Waals surface area contributed by atoms with E-state index in [1.165, 1.54) is 24.3 Å². The minimum Gasteiger partial charge on any atom is -0.497 e. The molecule has 21 heavy (non-hydrogen) atoms. The Morgan fingerprint density at radius 2 is 1.67 bits per heavy atom. The Hall–Kier alpha value is -1.87. The zero-order valence-corrected chi connectivity index (χ0v) is 13.0. The molecule has 2 nitrogen and oxygen atoms in total. The summed E-state index contributed by atoms with van der Waals surface area (Å²) >= 11 is 0. The number of nitrogens with one attached hydrogen (secondary N) is 1. The summed E-state index contributed by atoms with van der Waals surface area (Å²) in [7, 11) is 1.54. The SMILES string of the molecule is COc1ccc(C(C)N[C@H](C)c2ccccc2C)c(F)c1. The van der Waals surface area contributed by atoms with Gasteiger partial charge in [0.1, 0.15) is 11.6 Å². The molecule has 112 valence electrons. The Labute approximate surface area is 126 Å². The van der Waals surface area contributed by atoms with E-state index < -0.39 is 0 Å². The summed E-state index contributed by atoms with van der Waals surface area (Å²) in [5.74, 6) is 0.293. The third kappa shape index (κ3) is 3.61. The summed E-state index contributed by atoms with van der Waals surface area (Å²) in [6.45, 7) is 6.16. The van der Waals surface area contributed by atoms with Crippen molar-refractivity contribution in [2.24, 2.45) is 0 Å². The largest absolute Gasteiger partial charge is 0.497 e. The van der Waals surface area contributed by atoms with Gasteiger partial charge in [0, 0.05) is 23.7 Å². The molecule has 0 aromatic heterocycles. The van der Waals surface area contributed by atoms with Crippen molar-refractivity contribution in [3.8, 4) is 5.75 Å². The van der Waals surface area contributed by atoms with E-state index in [0.717, 1.165) is 0 Å². The lowest BCUT2D eigenvalue weighted by Gasteiger charge is -2.22. The van der Waals surface area contributed by atoms with E-state index in [0.29, 0.717) is 11.3 Å². The van der Waals surface area contributed by atoms with Crippen LogP contribution in [0.4, 0.5) is 4.39 Å². The minimum atomic E-state index is -0.244. The van der Waals surface area contributed by atoms with Crippen molar-refractivity contribution >= 4 is 0 Å². The third-order valence-electron chi connectivity index (χ3n) is 3.83. The number of methoxy groups -OCH3 is 1. The predicted octanol–water partition coefficient (Wildman–Crippen LogP) is 4.55. The van der Waals surface area contributed by atoms with Crippen molar-refractivity contribution < 1.29 is 9.13 Å². The zero-order chi connectivity index (χ0) is 15.4. The molecule has 0 saturated heterocycles. The third-order valence-corrected chi connectivity index (χ3v) is 3.83. The zero-order valence-electron chi connectivity index (χ0n) is 13.0. The Bertz CT molecular complexity index is 612. The fraction of sp³-hybridized carbons (Fsp3) is 0.333. The van der Waals surface area contributed by atoms with Crippen LogP contribution < -0.4 is 10.1 Å². The molecule has 2 rings (SSSR count). The number of rotatable bonds is 5. The Balaban J connectivity index is 2.14. The lowest BCUT2D eigenvalue weighted by Crippen LogP contribution is -2.23. The van der Waals surface area contributed by atoms with Gasteiger partial charge in [-0.1, -0.05) is 30.3 Å². The van der Waals surface area contributed by atoms with Crippen LogP contribution in [0.2, 0.25) is 0 Å². The van der Waals surface area contributed by atoms with Gasteiger partial charge in [0.2, 0.25) is 0 Å². The highest BCUT2D eigenvalue weighted by atomic mass is 19.1. The van der Waals surface area contributed by atoms with Gasteiger partial charge in [0.05, 0.1) is 7.11 Å². The second kappa shape index (κ2) is 6.72. The first-order valence-electron chi connectivity index (χ1n) is 7.18. The molecule has 0 radical (unpaired) electrons. The number of hydrogen-bond donors (Lipinski definition) is 1. The highest BCUT2D eigenvalue weighted by Gasteiger charge is 2.16. The summed E-state index contributed by atoms with van der Waals surface area (Å²) in [6, 6.07) is 13.3. The maximum atomic E-state index is 14.1. The molecule has 0 saturated carbocycles. The standard InChI is InChI=1S/C18H22FNO/c1-12-7-5-6-8-16(12)13(2)20-14(3)17-10-9-15(21-4)11-18(17)19/h5-11,13-14,20H,1-4H3/t13-,14?/m1/s1. The Kier molecular flexibility index (Phi) is 4.97. The number of benzene rings is 2. The van der Waals surface area contributed by atoms with Crippen LogP contribution in [0.1, 0.15) is 42.6 Å². The Morgan fingerprint density at radius 3 is 2.29 bits per heavy atom. The molecule has 0 amide bonds. The summed E-state index contributed by atoms with van der Waals surface area (Å²) in [4.78, 5) is 0. The van der Waals surface area contributed by atoms with Crippen LogP contribution in [-0.4, -0.2) is 7.11 Å². The molecule has 0 spiro atoms. The highest BCUT2D eigenvalue weighted by molar-refractivity contribution is 5.32. The van der Waals surface area contributed by atoms with Crippen molar-refractivity contribution in [2.75, 3.05) is 7.11 Å². The average molecular weight is 287 g/mol. The van der Waals surface area contributed by atoms with E-state index in [2.05, 4.69) is 31.3 Å². The first-order valence-corrected chi connectivity index (χ1v) is 7.18. The second-order valence-corrected chi connectivity index (χ2v) is 5.35.